The van der Waals surface area contributed by atoms with Crippen LogP contribution in [0.15, 0.2) is 59.0 Å². The monoisotopic (exact) mass is 232 g/mol. The molecule has 0 saturated carbocycles. The summed E-state index contributed by atoms with van der Waals surface area (Å²) in [6, 6.07) is 19.0. The van der Waals surface area contributed by atoms with E-state index >= 15 is 0 Å². The molecular formula is C17H12O. The molecule has 0 aliphatic carbocycles. The molecule has 86 valence electrons. The van der Waals surface area contributed by atoms with Crippen LogP contribution in [0.2, 0.25) is 0 Å². The van der Waals surface area contributed by atoms with Gasteiger partial charge in [0.1, 0.15) is 11.2 Å². The lowest BCUT2D eigenvalue weighted by molar-refractivity contribution is 0.669. The fourth-order valence-electron chi connectivity index (χ4n) is 2.69. The minimum absolute atomic E-state index is 0.970. The van der Waals surface area contributed by atoms with Crippen LogP contribution in [0.4, 0.5) is 0 Å². The number of hydrogen-bond donors (Lipinski definition) is 0. The first-order valence-corrected chi connectivity index (χ1v) is 6.13. The van der Waals surface area contributed by atoms with Crippen molar-refractivity contribution in [1.82, 2.24) is 0 Å². The summed E-state index contributed by atoms with van der Waals surface area (Å²) >= 11 is 0. The Balaban J connectivity index is 2.29. The number of rotatable bonds is 0. The molecule has 1 aromatic heterocycles. The lowest BCUT2D eigenvalue weighted by atomic mass is 10.0. The second kappa shape index (κ2) is 3.36. The summed E-state index contributed by atoms with van der Waals surface area (Å²) in [7, 11) is 0. The van der Waals surface area contributed by atoms with E-state index in [-0.39, 0.29) is 0 Å². The van der Waals surface area contributed by atoms with Gasteiger partial charge in [-0.3, -0.25) is 0 Å². The molecule has 0 N–H and O–H groups in total. The minimum Gasteiger partial charge on any atom is -0.456 e. The van der Waals surface area contributed by atoms with Gasteiger partial charge in [0, 0.05) is 10.8 Å². The first-order chi connectivity index (χ1) is 8.83. The Morgan fingerprint density at radius 3 is 2.39 bits per heavy atom. The third-order valence-electron chi connectivity index (χ3n) is 3.57. The SMILES string of the molecule is Cc1cccc2oc3cc4ccccc4cc3c12. The average Bonchev–Trinajstić information content (AvgIpc) is 2.74. The van der Waals surface area contributed by atoms with Crippen molar-refractivity contribution in [2.45, 2.75) is 6.92 Å². The molecule has 0 radical (unpaired) electrons. The highest BCUT2D eigenvalue weighted by molar-refractivity contribution is 6.11. The lowest BCUT2D eigenvalue weighted by Crippen LogP contribution is -1.74. The van der Waals surface area contributed by atoms with Gasteiger partial charge in [-0.05, 0) is 41.5 Å². The number of furan rings is 1. The van der Waals surface area contributed by atoms with Crippen LogP contribution >= 0.6 is 0 Å². The molecule has 0 atom stereocenters. The summed E-state index contributed by atoms with van der Waals surface area (Å²) < 4.78 is 5.94. The third kappa shape index (κ3) is 1.22. The van der Waals surface area contributed by atoms with Gasteiger partial charge in [-0.25, -0.2) is 0 Å². The fraction of sp³-hybridized carbons (Fsp3) is 0.0588. The molecule has 0 amide bonds. The highest BCUT2D eigenvalue weighted by Crippen LogP contribution is 2.33. The van der Waals surface area contributed by atoms with E-state index < -0.39 is 0 Å². The van der Waals surface area contributed by atoms with Crippen molar-refractivity contribution in [3.05, 3.63) is 60.2 Å². The quantitative estimate of drug-likeness (QED) is 0.413. The zero-order valence-electron chi connectivity index (χ0n) is 10.1. The summed E-state index contributed by atoms with van der Waals surface area (Å²) in [6.07, 6.45) is 0. The minimum atomic E-state index is 0.970. The van der Waals surface area contributed by atoms with Crippen LogP contribution in [0.5, 0.6) is 0 Å². The molecule has 0 unspecified atom stereocenters. The standard InChI is InChI=1S/C17H12O/c1-11-5-4-8-15-17(11)14-9-12-6-2-3-7-13(12)10-16(14)18-15/h2-10H,1H3. The van der Waals surface area contributed by atoms with Crippen molar-refractivity contribution in [3.8, 4) is 0 Å². The Labute approximate surface area is 105 Å². The summed E-state index contributed by atoms with van der Waals surface area (Å²) in [5.74, 6) is 0. The molecule has 0 fully saturated rings. The van der Waals surface area contributed by atoms with E-state index in [1.807, 2.05) is 12.1 Å². The van der Waals surface area contributed by atoms with E-state index in [0.717, 1.165) is 11.2 Å². The summed E-state index contributed by atoms with van der Waals surface area (Å²) in [5, 5.41) is 4.93. The van der Waals surface area contributed by atoms with Gasteiger partial charge < -0.3 is 4.42 Å². The average molecular weight is 232 g/mol. The summed E-state index contributed by atoms with van der Waals surface area (Å²) in [5.41, 5.74) is 3.21. The predicted molar refractivity (Wildman–Crippen MR) is 76.0 cm³/mol. The Hall–Kier alpha value is -2.28. The van der Waals surface area contributed by atoms with Crippen LogP contribution in [0.1, 0.15) is 5.56 Å². The molecular weight excluding hydrogens is 220 g/mol. The van der Waals surface area contributed by atoms with Crippen molar-refractivity contribution < 1.29 is 4.42 Å². The van der Waals surface area contributed by atoms with Gasteiger partial charge in [0.25, 0.3) is 0 Å². The van der Waals surface area contributed by atoms with Crippen LogP contribution in [-0.2, 0) is 0 Å². The Bertz CT molecular complexity index is 884. The number of fused-ring (bicyclic) bond motifs is 4. The summed E-state index contributed by atoms with van der Waals surface area (Å²) in [6.45, 7) is 2.13. The van der Waals surface area contributed by atoms with Crippen LogP contribution in [-0.4, -0.2) is 0 Å². The Morgan fingerprint density at radius 2 is 1.56 bits per heavy atom. The van der Waals surface area contributed by atoms with E-state index in [2.05, 4.69) is 49.4 Å². The molecule has 0 spiro atoms. The van der Waals surface area contributed by atoms with E-state index in [0.29, 0.717) is 0 Å². The van der Waals surface area contributed by atoms with Crippen LogP contribution in [0.25, 0.3) is 32.7 Å². The topological polar surface area (TPSA) is 13.1 Å². The van der Waals surface area contributed by atoms with Crippen LogP contribution in [0.3, 0.4) is 0 Å². The smallest absolute Gasteiger partial charge is 0.136 e. The maximum absolute atomic E-state index is 5.94. The van der Waals surface area contributed by atoms with E-state index in [1.165, 1.54) is 27.1 Å². The molecule has 0 bridgehead atoms. The van der Waals surface area contributed by atoms with Gasteiger partial charge in [-0.1, -0.05) is 36.4 Å². The largest absolute Gasteiger partial charge is 0.456 e. The first-order valence-electron chi connectivity index (χ1n) is 6.13. The molecule has 18 heavy (non-hydrogen) atoms. The van der Waals surface area contributed by atoms with Crippen molar-refractivity contribution in [2.75, 3.05) is 0 Å². The zero-order valence-corrected chi connectivity index (χ0v) is 10.1. The molecule has 4 rings (SSSR count). The molecule has 1 nitrogen and oxygen atoms in total. The van der Waals surface area contributed by atoms with Crippen molar-refractivity contribution in [1.29, 1.82) is 0 Å². The first kappa shape index (κ1) is 9.72. The van der Waals surface area contributed by atoms with Crippen molar-refractivity contribution >= 4 is 32.7 Å². The molecule has 1 heteroatoms. The van der Waals surface area contributed by atoms with Crippen LogP contribution < -0.4 is 0 Å². The van der Waals surface area contributed by atoms with Gasteiger partial charge in [0.2, 0.25) is 0 Å². The molecule has 0 aliphatic rings. The third-order valence-corrected chi connectivity index (χ3v) is 3.57. The Morgan fingerprint density at radius 1 is 0.778 bits per heavy atom. The van der Waals surface area contributed by atoms with Crippen LogP contribution in [0, 0.1) is 6.92 Å². The number of aryl methyl sites for hydroxylation is 1. The maximum atomic E-state index is 5.94. The Kier molecular flexibility index (Phi) is 1.81. The molecule has 4 aromatic rings. The van der Waals surface area contributed by atoms with E-state index in [1.54, 1.807) is 0 Å². The fourth-order valence-corrected chi connectivity index (χ4v) is 2.69. The molecule has 1 heterocycles. The van der Waals surface area contributed by atoms with Gasteiger partial charge in [-0.15, -0.1) is 0 Å². The summed E-state index contributed by atoms with van der Waals surface area (Å²) in [4.78, 5) is 0. The van der Waals surface area contributed by atoms with Gasteiger partial charge in [-0.2, -0.15) is 0 Å². The van der Waals surface area contributed by atoms with Gasteiger partial charge in [0.05, 0.1) is 0 Å². The number of hydrogen-bond acceptors (Lipinski definition) is 1. The van der Waals surface area contributed by atoms with Gasteiger partial charge in [0.15, 0.2) is 0 Å². The van der Waals surface area contributed by atoms with Gasteiger partial charge >= 0.3 is 0 Å². The highest BCUT2D eigenvalue weighted by Gasteiger charge is 2.09. The normalized spacial score (nSPS) is 11.6. The second-order valence-electron chi connectivity index (χ2n) is 4.75. The molecule has 0 saturated heterocycles. The van der Waals surface area contributed by atoms with Crippen molar-refractivity contribution in [3.63, 3.8) is 0 Å². The number of benzene rings is 3. The predicted octanol–water partition coefficient (Wildman–Crippen LogP) is 5.05. The highest BCUT2D eigenvalue weighted by atomic mass is 16.3. The second-order valence-corrected chi connectivity index (χ2v) is 4.75. The molecule has 0 aliphatic heterocycles. The maximum Gasteiger partial charge on any atom is 0.136 e. The lowest BCUT2D eigenvalue weighted by Gasteiger charge is -1.98. The van der Waals surface area contributed by atoms with E-state index in [4.69, 9.17) is 4.42 Å². The van der Waals surface area contributed by atoms with E-state index in [9.17, 15) is 0 Å². The van der Waals surface area contributed by atoms with Crippen molar-refractivity contribution in [2.24, 2.45) is 0 Å². The zero-order chi connectivity index (χ0) is 12.1. The molecule has 3 aromatic carbocycles.